The van der Waals surface area contributed by atoms with Crippen molar-refractivity contribution in [1.29, 1.82) is 0 Å². The van der Waals surface area contributed by atoms with E-state index in [1.54, 1.807) is 53.0 Å². The number of carbonyl (C=O) groups is 8. The molecule has 82 heavy (non-hydrogen) atoms. The van der Waals surface area contributed by atoms with Gasteiger partial charge in [-0.2, -0.15) is 0 Å². The Hall–Kier alpha value is -5.71. The van der Waals surface area contributed by atoms with Gasteiger partial charge in [-0.3, -0.25) is 29.3 Å². The number of rotatable bonds is 23. The van der Waals surface area contributed by atoms with E-state index >= 15 is 4.39 Å². The summed E-state index contributed by atoms with van der Waals surface area (Å²) in [5, 5.41) is 20.1. The lowest BCUT2D eigenvalue weighted by Gasteiger charge is -2.41. The van der Waals surface area contributed by atoms with Crippen molar-refractivity contribution >= 4 is 98.0 Å². The number of nitrogens with zero attached hydrogens (tertiary/aromatic N) is 1. The number of hydrogen-bond acceptors (Lipinski definition) is 14. The number of Topliss-reactive ketones (excluding diaryl/α,β-unsaturated/α-hetero) is 2. The van der Waals surface area contributed by atoms with E-state index in [0.29, 0.717) is 52.9 Å². The van der Waals surface area contributed by atoms with Crippen molar-refractivity contribution in [2.75, 3.05) is 42.9 Å². The standard InChI is InChI=1S/C59H77BrCl2FN5O14/c1-32(2)40(26-39(69)16-11-10-12-20-79-55(74)35(5)31-60)54(73)66-43(17-14-19-65-56(64)75)46(70)25-38-24-41(61)44(27-42(38)63)67-57(76)81-49-28-50(71)68(8)45-23-37(22-34(4)52(45)62)21-33(3)15-13-18-48(78-9)59(77)29-47(80-51(72)30-59)36(6)53-58(49,7)82-53/h13,15,18,22-24,27,32,36,40,43,47-49,53,77H,5,10-12,14,16-17,19-21,25-26,28-31H2,1-4,6-9H3,(H,66,73)(H,67,76)(H3,64,65,75)/b18-13+,33-15+/t36-,40+,43+,47+,48-,49+,53+,58+,59-/m1/s1. The van der Waals surface area contributed by atoms with Gasteiger partial charge in [0.2, 0.25) is 11.8 Å². The number of halogens is 4. The molecule has 0 spiro atoms. The Morgan fingerprint density at radius 2 is 1.78 bits per heavy atom. The van der Waals surface area contributed by atoms with Crippen LogP contribution in [0.2, 0.25) is 10.0 Å². The van der Waals surface area contributed by atoms with Crippen LogP contribution in [-0.4, -0.2) is 127 Å². The van der Waals surface area contributed by atoms with Gasteiger partial charge < -0.3 is 50.1 Å². The summed E-state index contributed by atoms with van der Waals surface area (Å²) in [7, 11) is 2.98. The molecule has 23 heteroatoms. The first-order valence-electron chi connectivity index (χ1n) is 27.4. The topological polar surface area (TPSA) is 272 Å². The molecule has 3 heterocycles. The van der Waals surface area contributed by atoms with E-state index in [0.717, 1.165) is 23.3 Å². The van der Waals surface area contributed by atoms with Crippen molar-refractivity contribution < 1.29 is 71.5 Å². The number of fused-ring (bicyclic) bond motifs is 5. The maximum Gasteiger partial charge on any atom is 0.412 e. The van der Waals surface area contributed by atoms with E-state index in [9.17, 15) is 43.5 Å². The summed E-state index contributed by atoms with van der Waals surface area (Å²) in [6, 6.07) is 3.75. The molecule has 5 rings (SSSR count). The second kappa shape index (κ2) is 30.2. The van der Waals surface area contributed by atoms with Gasteiger partial charge in [-0.05, 0) is 100 Å². The molecule has 0 unspecified atom stereocenters. The predicted molar refractivity (Wildman–Crippen MR) is 311 cm³/mol. The quantitative estimate of drug-likeness (QED) is 0.0173. The van der Waals surface area contributed by atoms with E-state index in [1.165, 1.54) is 12.0 Å². The Balaban J connectivity index is 1.33. The fraction of sp³-hybridized carbons (Fsp3) is 0.559. The molecule has 19 nitrogen and oxygen atoms in total. The minimum atomic E-state index is -1.67. The highest BCUT2D eigenvalue weighted by Crippen LogP contribution is 2.50. The third-order valence-corrected chi connectivity index (χ3v) is 16.7. The zero-order valence-corrected chi connectivity index (χ0v) is 50.9. The Morgan fingerprint density at radius 3 is 2.45 bits per heavy atom. The first-order chi connectivity index (χ1) is 38.6. The largest absolute Gasteiger partial charge is 0.462 e. The van der Waals surface area contributed by atoms with Crippen LogP contribution < -0.4 is 26.6 Å². The van der Waals surface area contributed by atoms with Crippen molar-refractivity contribution in [3.05, 3.63) is 92.8 Å². The summed E-state index contributed by atoms with van der Waals surface area (Å²) < 4.78 is 45.1. The van der Waals surface area contributed by atoms with Crippen LogP contribution in [0, 0.1) is 30.5 Å². The molecule has 450 valence electrons. The number of benzene rings is 2. The number of hydrogen-bond donors (Lipinski definition) is 5. The van der Waals surface area contributed by atoms with Gasteiger partial charge in [0.05, 0.1) is 53.0 Å². The summed E-state index contributed by atoms with van der Waals surface area (Å²) in [5.74, 6) is -5.74. The second-order valence-corrected chi connectivity index (χ2v) is 23.4. The molecule has 2 fully saturated rings. The fourth-order valence-electron chi connectivity index (χ4n) is 10.3. The van der Waals surface area contributed by atoms with Crippen LogP contribution in [-0.2, 0) is 65.3 Å². The lowest BCUT2D eigenvalue weighted by atomic mass is 9.78. The lowest BCUT2D eigenvalue weighted by Crippen LogP contribution is -2.53. The molecule has 2 aromatic carbocycles. The number of allylic oxidation sites excluding steroid dienone is 3. The SMILES string of the molecule is C=C(CBr)C(=O)OCCCCCC(=O)C[C@H](C(=O)N[C@@H](CCCNC(N)=O)C(=O)Cc1cc(Cl)c(NC(=O)O[C@H]2CC(=O)N(C)c3cc(cc(C)c3Cl)C/C(C)=C/C=C/[C@@H](OC)[C@]3(O)CC(=O)O[C@@H](C3)[C@@H](C)[C@@H]3O[C@@]23C)cc1F)C(C)C. The van der Waals surface area contributed by atoms with Crippen LogP contribution in [0.1, 0.15) is 116 Å². The molecule has 5 amide bonds. The zero-order chi connectivity index (χ0) is 60.8. The minimum Gasteiger partial charge on any atom is -0.462 e. The number of esters is 2. The highest BCUT2D eigenvalue weighted by atomic mass is 79.9. The molecule has 2 aromatic rings. The number of nitrogens with two attached hydrogens (primary N) is 1. The molecule has 0 radical (unpaired) electrons. The number of nitrogens with one attached hydrogen (secondary N) is 3. The number of methoxy groups -OCH3 is 1. The maximum absolute atomic E-state index is 16.2. The number of amides is 5. The predicted octanol–water partition coefficient (Wildman–Crippen LogP) is 9.05. The average molecular weight is 1250 g/mol. The van der Waals surface area contributed by atoms with Crippen molar-refractivity contribution in [3.8, 4) is 0 Å². The smallest absolute Gasteiger partial charge is 0.412 e. The van der Waals surface area contributed by atoms with Gasteiger partial charge in [-0.15, -0.1) is 0 Å². The van der Waals surface area contributed by atoms with E-state index in [-0.39, 0.29) is 79.7 Å². The first-order valence-corrected chi connectivity index (χ1v) is 29.2. The number of urea groups is 1. The summed E-state index contributed by atoms with van der Waals surface area (Å²) in [6.07, 6.45) is 1.22. The monoisotopic (exact) mass is 1250 g/mol. The van der Waals surface area contributed by atoms with Gasteiger partial charge in [0.25, 0.3) is 0 Å². The molecular weight excluding hydrogens is 1170 g/mol. The number of ketones is 2. The van der Waals surface area contributed by atoms with Gasteiger partial charge in [0.1, 0.15) is 41.1 Å². The number of unbranched alkanes of at least 4 members (excludes halogenated alkanes) is 2. The summed E-state index contributed by atoms with van der Waals surface area (Å²) in [5.41, 5.74) is 4.92. The Morgan fingerprint density at radius 1 is 1.06 bits per heavy atom. The van der Waals surface area contributed by atoms with Crippen molar-refractivity contribution in [2.24, 2.45) is 23.5 Å². The van der Waals surface area contributed by atoms with E-state index in [2.05, 4.69) is 38.5 Å². The third-order valence-electron chi connectivity index (χ3n) is 15.2. The molecule has 2 saturated heterocycles. The average Bonchev–Trinajstić information content (AvgIpc) is 4.18. The summed E-state index contributed by atoms with van der Waals surface area (Å²) in [6.45, 7) is 14.5. The van der Waals surface area contributed by atoms with E-state index < -0.39 is 114 Å². The number of primary amides is 1. The Bertz CT molecular complexity index is 2800. The van der Waals surface area contributed by atoms with Gasteiger partial charge in [0, 0.05) is 69.1 Å². The van der Waals surface area contributed by atoms with Crippen LogP contribution in [0.5, 0.6) is 0 Å². The van der Waals surface area contributed by atoms with Crippen molar-refractivity contribution in [3.63, 3.8) is 0 Å². The molecule has 4 bridgehead atoms. The van der Waals surface area contributed by atoms with Crippen LogP contribution >= 0.6 is 39.1 Å². The summed E-state index contributed by atoms with van der Waals surface area (Å²) >= 11 is 16.7. The lowest BCUT2D eigenvalue weighted by molar-refractivity contribution is -0.187. The van der Waals surface area contributed by atoms with Crippen LogP contribution in [0.3, 0.4) is 0 Å². The molecule has 0 saturated carbocycles. The minimum absolute atomic E-state index is 0.00991. The molecule has 0 aliphatic carbocycles. The van der Waals surface area contributed by atoms with Crippen molar-refractivity contribution in [1.82, 2.24) is 10.6 Å². The normalized spacial score (nSPS) is 24.6. The van der Waals surface area contributed by atoms with Gasteiger partial charge >= 0.3 is 24.1 Å². The van der Waals surface area contributed by atoms with Crippen LogP contribution in [0.25, 0.3) is 0 Å². The van der Waals surface area contributed by atoms with E-state index in [4.69, 9.17) is 52.6 Å². The Kier molecular flexibility index (Phi) is 24.7. The molecular formula is C59H77BrCl2FN5O14. The van der Waals surface area contributed by atoms with Gasteiger partial charge in [-0.25, -0.2) is 18.8 Å². The highest BCUT2D eigenvalue weighted by molar-refractivity contribution is 9.09. The zero-order valence-electron chi connectivity index (χ0n) is 47.8. The first kappa shape index (κ1) is 67.1. The number of carbonyl (C=O) groups excluding carboxylic acids is 8. The fourth-order valence-corrected chi connectivity index (χ4v) is 11.0. The van der Waals surface area contributed by atoms with Gasteiger partial charge in [0.15, 0.2) is 5.78 Å². The number of aliphatic hydroxyl groups is 1. The number of aryl methyl sites for hydroxylation is 1. The highest BCUT2D eigenvalue weighted by Gasteiger charge is 2.64. The Labute approximate surface area is 497 Å². The maximum atomic E-state index is 16.2. The van der Waals surface area contributed by atoms with Crippen molar-refractivity contribution in [2.45, 2.75) is 160 Å². The number of ether oxygens (including phenoxy) is 5. The molecule has 9 atom stereocenters. The second-order valence-electron chi connectivity index (χ2n) is 22.1. The summed E-state index contributed by atoms with van der Waals surface area (Å²) in [4.78, 5) is 107. The molecule has 6 N–H and O–H groups in total. The van der Waals surface area contributed by atoms with Crippen LogP contribution in [0.15, 0.2) is 60.2 Å². The third kappa shape index (κ3) is 18.4. The molecule has 0 aromatic heterocycles. The van der Waals surface area contributed by atoms with E-state index in [1.807, 2.05) is 26.0 Å². The van der Waals surface area contributed by atoms with Crippen LogP contribution in [0.4, 0.5) is 25.4 Å². The number of alkyl halides is 1. The van der Waals surface area contributed by atoms with Gasteiger partial charge in [-0.1, -0.05) is 96.3 Å². The number of epoxide rings is 1. The molecule has 3 aliphatic heterocycles. The number of anilines is 2. The molecule has 3 aliphatic rings.